The number of nitrogens with zero attached hydrogens (tertiary/aromatic N) is 1. The van der Waals surface area contributed by atoms with E-state index in [-0.39, 0.29) is 12.5 Å². The van der Waals surface area contributed by atoms with E-state index in [9.17, 15) is 9.59 Å². The Bertz CT molecular complexity index is 447. The molecule has 0 radical (unpaired) electrons. The molecule has 1 aliphatic heterocycles. The molecule has 6 heteroatoms. The van der Waals surface area contributed by atoms with E-state index >= 15 is 0 Å². The van der Waals surface area contributed by atoms with Crippen LogP contribution in [-0.2, 0) is 16.0 Å². The van der Waals surface area contributed by atoms with Gasteiger partial charge in [0.15, 0.2) is 0 Å². The molecule has 2 rings (SSSR count). The van der Waals surface area contributed by atoms with E-state index in [1.54, 1.807) is 11.3 Å². The Morgan fingerprint density at radius 1 is 1.50 bits per heavy atom. The third-order valence-corrected chi connectivity index (χ3v) is 4.36. The number of likely N-dealkylation sites (tertiary alicyclic amines) is 1. The molecule has 0 aromatic carbocycles. The molecule has 1 unspecified atom stereocenters. The lowest BCUT2D eigenvalue weighted by atomic mass is 9.97. The van der Waals surface area contributed by atoms with E-state index in [1.807, 2.05) is 22.4 Å². The number of carboxylic acids is 1. The number of hydrogen-bond donors (Lipinski definition) is 2. The standard InChI is InChI=1S/C14H20N2O3S/c17-13(7-12-4-2-6-20-12)16-5-1-3-11(10-16)8-15-9-14(18)19/h2,4,6,11,15H,1,3,5,7-10H2,(H,18,19). The zero-order valence-electron chi connectivity index (χ0n) is 11.4. The molecule has 1 aromatic heterocycles. The minimum Gasteiger partial charge on any atom is -0.480 e. The number of aliphatic carboxylic acids is 1. The first-order valence-corrected chi connectivity index (χ1v) is 7.76. The van der Waals surface area contributed by atoms with Crippen LogP contribution in [0.3, 0.4) is 0 Å². The SMILES string of the molecule is O=C(O)CNCC1CCCN(C(=O)Cc2cccs2)C1. The summed E-state index contributed by atoms with van der Waals surface area (Å²) in [6.07, 6.45) is 2.53. The number of thiophene rings is 1. The van der Waals surface area contributed by atoms with Gasteiger partial charge in [-0.1, -0.05) is 6.07 Å². The molecule has 1 atom stereocenters. The van der Waals surface area contributed by atoms with E-state index in [4.69, 9.17) is 5.11 Å². The van der Waals surface area contributed by atoms with E-state index in [2.05, 4.69) is 5.32 Å². The Kier molecular flexibility index (Phi) is 5.55. The molecule has 1 saturated heterocycles. The van der Waals surface area contributed by atoms with Crippen molar-refractivity contribution in [3.63, 3.8) is 0 Å². The maximum Gasteiger partial charge on any atom is 0.317 e. The van der Waals surface area contributed by atoms with Crippen LogP contribution in [-0.4, -0.2) is 48.1 Å². The molecule has 2 heterocycles. The predicted molar refractivity (Wildman–Crippen MR) is 77.8 cm³/mol. The third kappa shape index (κ3) is 4.61. The van der Waals surface area contributed by atoms with Gasteiger partial charge in [0.05, 0.1) is 13.0 Å². The number of piperidine rings is 1. The van der Waals surface area contributed by atoms with Crippen LogP contribution >= 0.6 is 11.3 Å². The maximum absolute atomic E-state index is 12.2. The number of carboxylic acid groups (broad SMARTS) is 1. The topological polar surface area (TPSA) is 69.6 Å². The molecule has 1 aromatic rings. The summed E-state index contributed by atoms with van der Waals surface area (Å²) in [5, 5.41) is 13.5. The highest BCUT2D eigenvalue weighted by atomic mass is 32.1. The number of carbonyl (C=O) groups excluding carboxylic acids is 1. The van der Waals surface area contributed by atoms with Gasteiger partial charge >= 0.3 is 5.97 Å². The number of carbonyl (C=O) groups is 2. The second kappa shape index (κ2) is 7.40. The highest BCUT2D eigenvalue weighted by Crippen LogP contribution is 2.18. The zero-order valence-corrected chi connectivity index (χ0v) is 12.2. The van der Waals surface area contributed by atoms with Crippen molar-refractivity contribution in [2.45, 2.75) is 19.3 Å². The van der Waals surface area contributed by atoms with Crippen molar-refractivity contribution in [1.29, 1.82) is 0 Å². The molecule has 0 spiro atoms. The Morgan fingerprint density at radius 2 is 2.35 bits per heavy atom. The first kappa shape index (κ1) is 15.0. The lowest BCUT2D eigenvalue weighted by Gasteiger charge is -2.33. The number of rotatable bonds is 6. The second-order valence-electron chi connectivity index (χ2n) is 5.13. The minimum atomic E-state index is -0.841. The van der Waals surface area contributed by atoms with Gasteiger partial charge in [-0.2, -0.15) is 0 Å². The first-order valence-electron chi connectivity index (χ1n) is 6.88. The predicted octanol–water partition coefficient (Wildman–Crippen LogP) is 1.20. The number of hydrogen-bond acceptors (Lipinski definition) is 4. The molecule has 1 fully saturated rings. The average molecular weight is 296 g/mol. The number of nitrogens with one attached hydrogen (secondary N) is 1. The summed E-state index contributed by atoms with van der Waals surface area (Å²) >= 11 is 1.61. The lowest BCUT2D eigenvalue weighted by Crippen LogP contribution is -2.43. The Morgan fingerprint density at radius 3 is 3.05 bits per heavy atom. The van der Waals surface area contributed by atoms with Crippen molar-refractivity contribution in [2.24, 2.45) is 5.92 Å². The summed E-state index contributed by atoms with van der Waals surface area (Å²) < 4.78 is 0. The summed E-state index contributed by atoms with van der Waals surface area (Å²) in [6, 6.07) is 3.94. The monoisotopic (exact) mass is 296 g/mol. The minimum absolute atomic E-state index is 0.0142. The summed E-state index contributed by atoms with van der Waals surface area (Å²) in [6.45, 7) is 2.20. The Labute approximate surface area is 122 Å². The number of amides is 1. The van der Waals surface area contributed by atoms with E-state index in [1.165, 1.54) is 0 Å². The smallest absolute Gasteiger partial charge is 0.317 e. The van der Waals surface area contributed by atoms with Gasteiger partial charge in [0, 0.05) is 24.5 Å². The molecule has 0 bridgehead atoms. The highest BCUT2D eigenvalue weighted by Gasteiger charge is 2.23. The molecule has 2 N–H and O–H groups in total. The van der Waals surface area contributed by atoms with Gasteiger partial charge in [-0.15, -0.1) is 11.3 Å². The Balaban J connectivity index is 1.77. The third-order valence-electron chi connectivity index (χ3n) is 3.49. The molecule has 0 aliphatic carbocycles. The van der Waals surface area contributed by atoms with Crippen molar-refractivity contribution in [2.75, 3.05) is 26.2 Å². The molecular weight excluding hydrogens is 276 g/mol. The molecule has 1 amide bonds. The maximum atomic E-state index is 12.2. The molecule has 20 heavy (non-hydrogen) atoms. The molecular formula is C14H20N2O3S. The van der Waals surface area contributed by atoms with Crippen LogP contribution in [0.5, 0.6) is 0 Å². The summed E-state index contributed by atoms with van der Waals surface area (Å²) in [5.41, 5.74) is 0. The zero-order chi connectivity index (χ0) is 14.4. The average Bonchev–Trinajstić information content (AvgIpc) is 2.91. The van der Waals surface area contributed by atoms with Crippen molar-refractivity contribution >= 4 is 23.2 Å². The normalized spacial score (nSPS) is 19.0. The van der Waals surface area contributed by atoms with E-state index in [0.29, 0.717) is 18.9 Å². The summed E-state index contributed by atoms with van der Waals surface area (Å²) in [7, 11) is 0. The van der Waals surface area contributed by atoms with Gasteiger partial charge in [-0.05, 0) is 30.2 Å². The molecule has 0 saturated carbocycles. The Hall–Kier alpha value is -1.40. The first-order chi connectivity index (χ1) is 9.65. The summed E-state index contributed by atoms with van der Waals surface area (Å²) in [5.74, 6) is -0.308. The van der Waals surface area contributed by atoms with Gasteiger partial charge < -0.3 is 15.3 Å². The second-order valence-corrected chi connectivity index (χ2v) is 6.16. The van der Waals surface area contributed by atoms with E-state index in [0.717, 1.165) is 30.8 Å². The van der Waals surface area contributed by atoms with Crippen molar-refractivity contribution < 1.29 is 14.7 Å². The molecule has 5 nitrogen and oxygen atoms in total. The van der Waals surface area contributed by atoms with E-state index < -0.39 is 5.97 Å². The van der Waals surface area contributed by atoms with Gasteiger partial charge in [-0.25, -0.2) is 0 Å². The van der Waals surface area contributed by atoms with Crippen LogP contribution in [0.4, 0.5) is 0 Å². The molecule has 110 valence electrons. The van der Waals surface area contributed by atoms with Gasteiger partial charge in [0.2, 0.25) is 5.91 Å². The van der Waals surface area contributed by atoms with Crippen LogP contribution in [0, 0.1) is 5.92 Å². The fourth-order valence-corrected chi connectivity index (χ4v) is 3.21. The van der Waals surface area contributed by atoms with Crippen LogP contribution in [0.2, 0.25) is 0 Å². The fourth-order valence-electron chi connectivity index (χ4n) is 2.52. The van der Waals surface area contributed by atoms with Crippen molar-refractivity contribution in [3.05, 3.63) is 22.4 Å². The van der Waals surface area contributed by atoms with Crippen LogP contribution < -0.4 is 5.32 Å². The lowest BCUT2D eigenvalue weighted by molar-refractivity contribution is -0.136. The quantitative estimate of drug-likeness (QED) is 0.828. The van der Waals surface area contributed by atoms with Gasteiger partial charge in [0.1, 0.15) is 0 Å². The van der Waals surface area contributed by atoms with Crippen LogP contribution in [0.1, 0.15) is 17.7 Å². The van der Waals surface area contributed by atoms with Crippen LogP contribution in [0.25, 0.3) is 0 Å². The molecule has 1 aliphatic rings. The van der Waals surface area contributed by atoms with Crippen LogP contribution in [0.15, 0.2) is 17.5 Å². The van der Waals surface area contributed by atoms with Crippen molar-refractivity contribution in [1.82, 2.24) is 10.2 Å². The van der Waals surface area contributed by atoms with Gasteiger partial charge in [0.25, 0.3) is 0 Å². The highest BCUT2D eigenvalue weighted by molar-refractivity contribution is 7.10. The van der Waals surface area contributed by atoms with Gasteiger partial charge in [-0.3, -0.25) is 9.59 Å². The largest absolute Gasteiger partial charge is 0.480 e. The summed E-state index contributed by atoms with van der Waals surface area (Å²) in [4.78, 5) is 25.7. The van der Waals surface area contributed by atoms with Crippen molar-refractivity contribution in [3.8, 4) is 0 Å². The fraction of sp³-hybridized carbons (Fsp3) is 0.571.